The van der Waals surface area contributed by atoms with Crippen molar-refractivity contribution < 1.29 is 9.53 Å². The van der Waals surface area contributed by atoms with E-state index in [1.54, 1.807) is 11.8 Å². The van der Waals surface area contributed by atoms with Gasteiger partial charge in [-0.2, -0.15) is 0 Å². The molecule has 0 fully saturated rings. The van der Waals surface area contributed by atoms with Gasteiger partial charge in [0.05, 0.1) is 11.3 Å². The number of carbonyl (C=O) groups excluding carboxylic acids is 1. The number of nitrogens with zero attached hydrogens (tertiary/aromatic N) is 1. The number of para-hydroxylation sites is 1. The maximum Gasteiger partial charge on any atom is 0.265 e. The first-order valence-electron chi connectivity index (χ1n) is 11.9. The summed E-state index contributed by atoms with van der Waals surface area (Å²) in [5.41, 5.74) is 3.31. The number of thioether (sulfide) groups is 1. The zero-order valence-corrected chi connectivity index (χ0v) is 21.3. The molecule has 0 saturated heterocycles. The van der Waals surface area contributed by atoms with Gasteiger partial charge in [-0.05, 0) is 42.3 Å². The molecule has 4 aromatic rings. The highest BCUT2D eigenvalue weighted by Gasteiger charge is 2.53. The minimum absolute atomic E-state index is 0.00827. The molecular weight excluding hydrogens is 486 g/mol. The smallest absolute Gasteiger partial charge is 0.265 e. The van der Waals surface area contributed by atoms with Gasteiger partial charge >= 0.3 is 0 Å². The summed E-state index contributed by atoms with van der Waals surface area (Å²) >= 11 is 8.16. The predicted molar refractivity (Wildman–Crippen MR) is 147 cm³/mol. The van der Waals surface area contributed by atoms with E-state index in [-0.39, 0.29) is 11.2 Å². The maximum atomic E-state index is 14.5. The van der Waals surface area contributed by atoms with Crippen LogP contribution in [-0.2, 0) is 15.3 Å². The molecule has 4 aromatic carbocycles. The minimum atomic E-state index is -1.02. The standard InChI is InChI=1S/C31H24ClNO2S/c1-21-29(22-11-4-2-5-12-22)30(34)33-26-17-8-9-18-27(26)36-28(23-13-10-16-25(32)19-23)20-31(33,35-21)24-14-6-3-7-15-24/h2-19,28H,20H2,1H3/t28-,31-/m1/s1. The third kappa shape index (κ3) is 3.82. The number of amides is 1. The van der Waals surface area contributed by atoms with Crippen LogP contribution in [0.1, 0.15) is 35.3 Å². The molecule has 178 valence electrons. The molecule has 0 saturated carbocycles. The van der Waals surface area contributed by atoms with Gasteiger partial charge in [0, 0.05) is 27.2 Å². The molecule has 2 heterocycles. The number of fused-ring (bicyclic) bond motifs is 3. The van der Waals surface area contributed by atoms with Gasteiger partial charge in [-0.1, -0.05) is 96.5 Å². The van der Waals surface area contributed by atoms with Crippen LogP contribution in [0.5, 0.6) is 0 Å². The highest BCUT2D eigenvalue weighted by atomic mass is 35.5. The number of halogens is 1. The van der Waals surface area contributed by atoms with Crippen LogP contribution >= 0.6 is 23.4 Å². The molecule has 2 atom stereocenters. The summed E-state index contributed by atoms with van der Waals surface area (Å²) in [4.78, 5) is 17.4. The molecule has 0 spiro atoms. The molecule has 5 heteroatoms. The first-order valence-corrected chi connectivity index (χ1v) is 13.2. The molecule has 2 aliphatic rings. The number of ether oxygens (including phenoxy) is 1. The van der Waals surface area contributed by atoms with Crippen molar-refractivity contribution in [3.8, 4) is 0 Å². The molecule has 36 heavy (non-hydrogen) atoms. The Balaban J connectivity index is 1.62. The van der Waals surface area contributed by atoms with Crippen molar-refractivity contribution in [2.45, 2.75) is 29.2 Å². The number of carbonyl (C=O) groups is 1. The van der Waals surface area contributed by atoms with E-state index in [0.717, 1.165) is 27.3 Å². The quantitative estimate of drug-likeness (QED) is 0.278. The Hall–Kier alpha value is -3.47. The topological polar surface area (TPSA) is 29.5 Å². The molecule has 0 radical (unpaired) electrons. The van der Waals surface area contributed by atoms with E-state index in [1.165, 1.54) is 0 Å². The number of rotatable bonds is 3. The summed E-state index contributed by atoms with van der Waals surface area (Å²) in [5, 5.41) is 0.702. The van der Waals surface area contributed by atoms with E-state index in [4.69, 9.17) is 16.3 Å². The summed E-state index contributed by atoms with van der Waals surface area (Å²) < 4.78 is 6.96. The van der Waals surface area contributed by atoms with Crippen molar-refractivity contribution >= 4 is 40.5 Å². The van der Waals surface area contributed by atoms with Crippen molar-refractivity contribution in [2.24, 2.45) is 0 Å². The predicted octanol–water partition coefficient (Wildman–Crippen LogP) is 8.22. The van der Waals surface area contributed by atoms with E-state index in [2.05, 4.69) is 24.3 Å². The van der Waals surface area contributed by atoms with E-state index >= 15 is 0 Å². The van der Waals surface area contributed by atoms with Crippen LogP contribution in [0.3, 0.4) is 0 Å². The summed E-state index contributed by atoms with van der Waals surface area (Å²) in [7, 11) is 0. The Morgan fingerprint density at radius 3 is 2.33 bits per heavy atom. The molecule has 0 unspecified atom stereocenters. The largest absolute Gasteiger partial charge is 0.467 e. The lowest BCUT2D eigenvalue weighted by molar-refractivity contribution is -0.123. The zero-order chi connectivity index (χ0) is 24.7. The molecule has 1 amide bonds. The Labute approximate surface area is 220 Å². The molecule has 0 bridgehead atoms. The Bertz CT molecular complexity index is 1470. The normalized spacial score (nSPS) is 21.3. The van der Waals surface area contributed by atoms with Gasteiger partial charge in [-0.3, -0.25) is 9.69 Å². The van der Waals surface area contributed by atoms with Gasteiger partial charge in [-0.25, -0.2) is 0 Å². The van der Waals surface area contributed by atoms with Gasteiger partial charge in [0.1, 0.15) is 5.76 Å². The highest BCUT2D eigenvalue weighted by Crippen LogP contribution is 2.57. The third-order valence-electron chi connectivity index (χ3n) is 6.80. The average molecular weight is 510 g/mol. The summed E-state index contributed by atoms with van der Waals surface area (Å²) in [6.07, 6.45) is 0.557. The Morgan fingerprint density at radius 2 is 1.58 bits per heavy atom. The van der Waals surface area contributed by atoms with Crippen LogP contribution < -0.4 is 4.90 Å². The minimum Gasteiger partial charge on any atom is -0.467 e. The number of anilines is 1. The number of hydrogen-bond acceptors (Lipinski definition) is 3. The molecule has 3 nitrogen and oxygen atoms in total. The molecule has 0 aliphatic carbocycles. The fraction of sp³-hybridized carbons (Fsp3) is 0.129. The second kappa shape index (κ2) is 9.20. The van der Waals surface area contributed by atoms with Crippen LogP contribution in [0.4, 0.5) is 5.69 Å². The lowest BCUT2D eigenvalue weighted by atomic mass is 9.89. The second-order valence-electron chi connectivity index (χ2n) is 9.02. The van der Waals surface area contributed by atoms with E-state index in [9.17, 15) is 4.79 Å². The van der Waals surface area contributed by atoms with Crippen LogP contribution in [0.2, 0.25) is 5.02 Å². The van der Waals surface area contributed by atoms with Crippen LogP contribution in [0.25, 0.3) is 5.57 Å². The SMILES string of the molecule is CC1=C(c2ccccc2)C(=O)N2c3ccccc3S[C@@H](c3cccc(Cl)c3)C[C@]2(c2ccccc2)O1. The fourth-order valence-corrected chi connectivity index (χ4v) is 6.76. The molecule has 0 aromatic heterocycles. The lowest BCUT2D eigenvalue weighted by Gasteiger charge is -2.47. The van der Waals surface area contributed by atoms with Crippen molar-refractivity contribution in [3.05, 3.63) is 137 Å². The van der Waals surface area contributed by atoms with E-state index in [1.807, 2.05) is 96.8 Å². The first kappa shape index (κ1) is 23.0. The van der Waals surface area contributed by atoms with E-state index in [0.29, 0.717) is 22.8 Å². The molecule has 2 aliphatic heterocycles. The number of hydrogen-bond donors (Lipinski definition) is 0. The van der Waals surface area contributed by atoms with Crippen molar-refractivity contribution in [1.82, 2.24) is 0 Å². The lowest BCUT2D eigenvalue weighted by Crippen LogP contribution is -2.55. The van der Waals surface area contributed by atoms with Crippen molar-refractivity contribution in [2.75, 3.05) is 4.90 Å². The molecule has 0 N–H and O–H groups in total. The Morgan fingerprint density at radius 1 is 0.889 bits per heavy atom. The summed E-state index contributed by atoms with van der Waals surface area (Å²) in [6, 6.07) is 35.9. The molecular formula is C31H24ClNO2S. The van der Waals surface area contributed by atoms with Crippen molar-refractivity contribution in [3.63, 3.8) is 0 Å². The van der Waals surface area contributed by atoms with Gasteiger partial charge in [0.15, 0.2) is 0 Å². The first-order chi connectivity index (χ1) is 17.6. The summed E-state index contributed by atoms with van der Waals surface area (Å²) in [6.45, 7) is 1.90. The van der Waals surface area contributed by atoms with Crippen LogP contribution in [-0.4, -0.2) is 5.91 Å². The second-order valence-corrected chi connectivity index (χ2v) is 10.7. The van der Waals surface area contributed by atoms with E-state index < -0.39 is 5.72 Å². The third-order valence-corrected chi connectivity index (χ3v) is 8.36. The van der Waals surface area contributed by atoms with Gasteiger partial charge < -0.3 is 4.74 Å². The Kier molecular flexibility index (Phi) is 5.87. The highest BCUT2D eigenvalue weighted by molar-refractivity contribution is 7.99. The van der Waals surface area contributed by atoms with Crippen LogP contribution in [0, 0.1) is 0 Å². The van der Waals surface area contributed by atoms with Gasteiger partial charge in [0.25, 0.3) is 5.91 Å². The van der Waals surface area contributed by atoms with Crippen LogP contribution in [0.15, 0.2) is 120 Å². The fourth-order valence-electron chi connectivity index (χ4n) is 5.23. The van der Waals surface area contributed by atoms with Gasteiger partial charge in [-0.15, -0.1) is 11.8 Å². The average Bonchev–Trinajstić information content (AvgIpc) is 3.05. The summed E-state index contributed by atoms with van der Waals surface area (Å²) in [5.74, 6) is 0.564. The zero-order valence-electron chi connectivity index (χ0n) is 19.7. The number of allylic oxidation sites excluding steroid dienone is 1. The molecule has 6 rings (SSSR count). The van der Waals surface area contributed by atoms with Crippen molar-refractivity contribution in [1.29, 1.82) is 0 Å². The maximum absolute atomic E-state index is 14.5. The monoisotopic (exact) mass is 509 g/mol. The number of benzene rings is 4. The van der Waals surface area contributed by atoms with Gasteiger partial charge in [0.2, 0.25) is 5.72 Å².